The molecule has 2 heterocycles. The minimum atomic E-state index is -1.26. The zero-order valence-electron chi connectivity index (χ0n) is 15.6. The summed E-state index contributed by atoms with van der Waals surface area (Å²) < 4.78 is 4.43. The number of aliphatic carboxylic acids is 2. The summed E-state index contributed by atoms with van der Waals surface area (Å²) in [5, 5.41) is 15.6. The average molecular weight is 380 g/mol. The monoisotopic (exact) mass is 380 g/mol. The number of imidazole rings is 1. The van der Waals surface area contributed by atoms with Gasteiger partial charge in [-0.3, -0.25) is 13.9 Å². The van der Waals surface area contributed by atoms with E-state index in [0.717, 1.165) is 25.7 Å². The maximum Gasteiger partial charge on any atom is 0.332 e. The van der Waals surface area contributed by atoms with Crippen LogP contribution in [0.25, 0.3) is 11.2 Å². The SMILES string of the molecule is CCCCCCn1c(=O)c2c(ncn2C)n(C)c1=O.O=C(O)/C=C\C(=O)O. The van der Waals surface area contributed by atoms with E-state index >= 15 is 0 Å². The Morgan fingerprint density at radius 2 is 1.67 bits per heavy atom. The summed E-state index contributed by atoms with van der Waals surface area (Å²) in [4.78, 5) is 47.7. The molecule has 148 valence electrons. The van der Waals surface area contributed by atoms with Gasteiger partial charge in [-0.15, -0.1) is 0 Å². The van der Waals surface area contributed by atoms with Crippen LogP contribution in [0, 0.1) is 0 Å². The highest BCUT2D eigenvalue weighted by molar-refractivity contribution is 5.89. The minimum absolute atomic E-state index is 0.241. The van der Waals surface area contributed by atoms with Gasteiger partial charge in [-0.1, -0.05) is 26.2 Å². The van der Waals surface area contributed by atoms with Gasteiger partial charge in [-0.2, -0.15) is 0 Å². The number of carbonyl (C=O) groups is 2. The first-order chi connectivity index (χ1) is 12.7. The number of carboxylic acids is 2. The molecular formula is C17H24N4O6. The van der Waals surface area contributed by atoms with Crippen LogP contribution in [0.2, 0.25) is 0 Å². The highest BCUT2D eigenvalue weighted by Gasteiger charge is 2.14. The number of hydrogen-bond acceptors (Lipinski definition) is 5. The molecule has 0 aromatic carbocycles. The number of carboxylic acid groups (broad SMARTS) is 2. The van der Waals surface area contributed by atoms with Gasteiger partial charge in [-0.05, 0) is 6.42 Å². The molecule has 0 atom stereocenters. The maximum absolute atomic E-state index is 12.3. The predicted octanol–water partition coefficient (Wildman–Crippen LogP) is 0.726. The van der Waals surface area contributed by atoms with Crippen LogP contribution >= 0.6 is 0 Å². The summed E-state index contributed by atoms with van der Waals surface area (Å²) in [5.74, 6) is -2.51. The quantitative estimate of drug-likeness (QED) is 0.533. The molecule has 0 aliphatic rings. The molecule has 0 fully saturated rings. The fraction of sp³-hybridized carbons (Fsp3) is 0.471. The van der Waals surface area contributed by atoms with E-state index in [-0.39, 0.29) is 11.2 Å². The first-order valence-corrected chi connectivity index (χ1v) is 8.45. The highest BCUT2D eigenvalue weighted by Crippen LogP contribution is 2.04. The molecule has 2 rings (SSSR count). The Morgan fingerprint density at radius 1 is 1.07 bits per heavy atom. The first kappa shape index (κ1) is 21.9. The van der Waals surface area contributed by atoms with Crippen molar-refractivity contribution in [1.29, 1.82) is 0 Å². The van der Waals surface area contributed by atoms with Gasteiger partial charge in [0, 0.05) is 32.8 Å². The van der Waals surface area contributed by atoms with Crippen molar-refractivity contribution in [3.63, 3.8) is 0 Å². The number of unbranched alkanes of at least 4 members (excludes halogenated alkanes) is 3. The minimum Gasteiger partial charge on any atom is -0.478 e. The van der Waals surface area contributed by atoms with Crippen molar-refractivity contribution in [2.24, 2.45) is 14.1 Å². The van der Waals surface area contributed by atoms with E-state index in [1.54, 1.807) is 25.0 Å². The lowest BCUT2D eigenvalue weighted by atomic mass is 10.2. The van der Waals surface area contributed by atoms with Crippen molar-refractivity contribution in [3.05, 3.63) is 39.3 Å². The first-order valence-electron chi connectivity index (χ1n) is 8.45. The topological polar surface area (TPSA) is 136 Å². The number of nitrogens with zero attached hydrogens (tertiary/aromatic N) is 4. The predicted molar refractivity (Wildman–Crippen MR) is 98.8 cm³/mol. The normalized spacial score (nSPS) is 10.8. The molecule has 0 radical (unpaired) electrons. The second-order valence-corrected chi connectivity index (χ2v) is 5.90. The van der Waals surface area contributed by atoms with E-state index in [4.69, 9.17) is 10.2 Å². The van der Waals surface area contributed by atoms with Crippen LogP contribution in [-0.4, -0.2) is 40.8 Å². The van der Waals surface area contributed by atoms with Crippen molar-refractivity contribution in [2.45, 2.75) is 39.2 Å². The van der Waals surface area contributed by atoms with Gasteiger partial charge in [-0.25, -0.2) is 19.4 Å². The van der Waals surface area contributed by atoms with Gasteiger partial charge >= 0.3 is 17.6 Å². The van der Waals surface area contributed by atoms with Crippen LogP contribution < -0.4 is 11.2 Å². The zero-order valence-corrected chi connectivity index (χ0v) is 15.6. The summed E-state index contributed by atoms with van der Waals surface area (Å²) in [6.07, 6.45) is 6.83. The van der Waals surface area contributed by atoms with E-state index in [0.29, 0.717) is 29.9 Å². The van der Waals surface area contributed by atoms with Gasteiger partial charge in [0.05, 0.1) is 6.33 Å². The van der Waals surface area contributed by atoms with Gasteiger partial charge in [0.15, 0.2) is 11.2 Å². The van der Waals surface area contributed by atoms with Gasteiger partial charge < -0.3 is 14.8 Å². The Balaban J connectivity index is 0.000000387. The number of hydrogen-bond donors (Lipinski definition) is 2. The lowest BCUT2D eigenvalue weighted by Gasteiger charge is -2.08. The second-order valence-electron chi connectivity index (χ2n) is 5.90. The molecule has 0 bridgehead atoms. The Bertz CT molecular complexity index is 935. The van der Waals surface area contributed by atoms with Crippen LogP contribution in [-0.2, 0) is 30.2 Å². The van der Waals surface area contributed by atoms with Gasteiger partial charge in [0.1, 0.15) is 0 Å². The smallest absolute Gasteiger partial charge is 0.332 e. The van der Waals surface area contributed by atoms with E-state index in [1.807, 2.05) is 0 Å². The molecule has 27 heavy (non-hydrogen) atoms. The van der Waals surface area contributed by atoms with E-state index < -0.39 is 11.9 Å². The average Bonchev–Trinajstić information content (AvgIpc) is 3.00. The molecule has 2 aromatic heterocycles. The Morgan fingerprint density at radius 3 is 2.19 bits per heavy atom. The molecule has 0 spiro atoms. The van der Waals surface area contributed by atoms with Crippen molar-refractivity contribution in [2.75, 3.05) is 0 Å². The number of aryl methyl sites for hydroxylation is 2. The number of fused-ring (bicyclic) bond motifs is 1. The second kappa shape index (κ2) is 10.1. The molecule has 10 nitrogen and oxygen atoms in total. The lowest BCUT2D eigenvalue weighted by Crippen LogP contribution is -2.39. The molecule has 2 N–H and O–H groups in total. The third-order valence-corrected chi connectivity index (χ3v) is 3.80. The van der Waals surface area contributed by atoms with E-state index in [9.17, 15) is 19.2 Å². The third kappa shape index (κ3) is 5.94. The maximum atomic E-state index is 12.3. The largest absolute Gasteiger partial charge is 0.478 e. The molecule has 0 aliphatic heterocycles. The number of rotatable bonds is 7. The summed E-state index contributed by atoms with van der Waals surface area (Å²) >= 11 is 0. The van der Waals surface area contributed by atoms with E-state index in [2.05, 4.69) is 11.9 Å². The highest BCUT2D eigenvalue weighted by atomic mass is 16.4. The lowest BCUT2D eigenvalue weighted by molar-refractivity contribution is -0.134. The molecule has 0 saturated carbocycles. The molecule has 2 aromatic rings. The molecule has 0 aliphatic carbocycles. The Kier molecular flexibility index (Phi) is 8.18. The van der Waals surface area contributed by atoms with Gasteiger partial charge in [0.2, 0.25) is 0 Å². The zero-order chi connectivity index (χ0) is 20.6. The summed E-state index contributed by atoms with van der Waals surface area (Å²) in [6, 6.07) is 0. The van der Waals surface area contributed by atoms with Crippen LogP contribution in [0.15, 0.2) is 28.1 Å². The fourth-order valence-electron chi connectivity index (χ4n) is 2.43. The number of aromatic nitrogens is 4. The van der Waals surface area contributed by atoms with Crippen LogP contribution in [0.3, 0.4) is 0 Å². The van der Waals surface area contributed by atoms with Crippen molar-refractivity contribution < 1.29 is 19.8 Å². The standard InChI is InChI=1S/C13H20N4O2.C4H4O4/c1-4-5-6-7-8-17-12(18)10-11(14-9-15(10)2)16(3)13(17)19;5-3(6)1-2-4(7)8/h9H,4-8H2,1-3H3;1-2H,(H,5,6)(H,7,8)/b;2-1-. The molecule has 10 heteroatoms. The molecular weight excluding hydrogens is 356 g/mol. The summed E-state index contributed by atoms with van der Waals surface area (Å²) in [5.41, 5.74) is 0.405. The third-order valence-electron chi connectivity index (χ3n) is 3.80. The van der Waals surface area contributed by atoms with Gasteiger partial charge in [0.25, 0.3) is 5.56 Å². The van der Waals surface area contributed by atoms with Crippen LogP contribution in [0.4, 0.5) is 0 Å². The van der Waals surface area contributed by atoms with Crippen LogP contribution in [0.1, 0.15) is 32.6 Å². The fourth-order valence-corrected chi connectivity index (χ4v) is 2.43. The van der Waals surface area contributed by atoms with Crippen molar-refractivity contribution in [1.82, 2.24) is 18.7 Å². The molecule has 0 amide bonds. The Hall–Kier alpha value is -3.17. The molecule has 0 saturated heterocycles. The summed E-state index contributed by atoms with van der Waals surface area (Å²) in [7, 11) is 3.42. The van der Waals surface area contributed by atoms with Crippen molar-refractivity contribution in [3.8, 4) is 0 Å². The van der Waals surface area contributed by atoms with Crippen molar-refractivity contribution >= 4 is 23.1 Å². The van der Waals surface area contributed by atoms with Crippen LogP contribution in [0.5, 0.6) is 0 Å². The van der Waals surface area contributed by atoms with E-state index in [1.165, 1.54) is 9.13 Å². The molecule has 0 unspecified atom stereocenters. The Labute approximate surface area is 155 Å². The summed E-state index contributed by atoms with van der Waals surface area (Å²) in [6.45, 7) is 2.61.